The van der Waals surface area contributed by atoms with Gasteiger partial charge in [0.05, 0.1) is 18.1 Å². The summed E-state index contributed by atoms with van der Waals surface area (Å²) in [5, 5.41) is 0.110. The van der Waals surface area contributed by atoms with Crippen LogP contribution in [0, 0.1) is 0 Å². The van der Waals surface area contributed by atoms with Crippen molar-refractivity contribution < 1.29 is 4.57 Å². The van der Waals surface area contributed by atoms with Crippen LogP contribution in [0.2, 0.25) is 5.31 Å². The van der Waals surface area contributed by atoms with E-state index in [9.17, 15) is 0 Å². The molecule has 0 spiro atoms. The van der Waals surface area contributed by atoms with Crippen LogP contribution in [0.5, 0.6) is 0 Å². The number of aryl methyl sites for hydroxylation is 1. The molecular weight excluding hydrogens is 379 g/mol. The molecule has 2 aliphatic rings. The van der Waals surface area contributed by atoms with Crippen molar-refractivity contribution in [2.45, 2.75) is 90.4 Å². The highest BCUT2D eigenvalue weighted by molar-refractivity contribution is 6.71. The lowest BCUT2D eigenvalue weighted by molar-refractivity contribution is -0.759. The molecule has 1 fully saturated rings. The van der Waals surface area contributed by atoms with Gasteiger partial charge in [-0.05, 0) is 62.8 Å². The van der Waals surface area contributed by atoms with Gasteiger partial charge >= 0.3 is 6.98 Å². The summed E-state index contributed by atoms with van der Waals surface area (Å²) < 4.78 is 2.59. The van der Waals surface area contributed by atoms with Crippen LogP contribution in [0.1, 0.15) is 78.7 Å². The first-order valence-electron chi connectivity index (χ1n) is 12.5. The Labute approximate surface area is 189 Å². The van der Waals surface area contributed by atoms with Crippen molar-refractivity contribution in [3.63, 3.8) is 0 Å². The molecule has 0 aliphatic carbocycles. The quantitative estimate of drug-likeness (QED) is 0.410. The summed E-state index contributed by atoms with van der Waals surface area (Å²) in [6.45, 7) is 14.4. The third-order valence-corrected chi connectivity index (χ3v) is 8.31. The van der Waals surface area contributed by atoms with Crippen molar-refractivity contribution in [1.29, 1.82) is 0 Å². The summed E-state index contributed by atoms with van der Waals surface area (Å²) in [6, 6.07) is 11.3. The second-order valence-corrected chi connectivity index (χ2v) is 9.96. The largest absolute Gasteiger partial charge is 0.508 e. The Morgan fingerprint density at radius 3 is 2.55 bits per heavy atom. The highest BCUT2D eigenvalue weighted by atomic mass is 15.4. The lowest BCUT2D eigenvalue weighted by Crippen LogP contribution is -2.74. The molecule has 0 N–H and O–H groups in total. The molecule has 0 bridgehead atoms. The number of hydrogen-bond donors (Lipinski definition) is 0. The fourth-order valence-corrected chi connectivity index (χ4v) is 6.08. The van der Waals surface area contributed by atoms with E-state index < -0.39 is 0 Å². The molecule has 4 nitrogen and oxygen atoms in total. The van der Waals surface area contributed by atoms with Crippen LogP contribution in [0.25, 0.3) is 0 Å². The van der Waals surface area contributed by atoms with Crippen molar-refractivity contribution >= 4 is 18.6 Å². The first-order valence-corrected chi connectivity index (χ1v) is 12.5. The van der Waals surface area contributed by atoms with Gasteiger partial charge < -0.3 is 9.62 Å². The SMILES string of the molecule is CCCCc1ccnc(N2CCN3B2C(C)(CC)C(C)(CCCC)[n+]2ccccc23)c1. The predicted octanol–water partition coefficient (Wildman–Crippen LogP) is 5.62. The van der Waals surface area contributed by atoms with E-state index in [0.29, 0.717) is 6.98 Å². The topological polar surface area (TPSA) is 23.3 Å². The van der Waals surface area contributed by atoms with Gasteiger partial charge in [0.2, 0.25) is 0 Å². The molecule has 5 heteroatoms. The maximum atomic E-state index is 4.88. The number of unbranched alkanes of at least 4 members (excludes halogenated alkanes) is 2. The summed E-state index contributed by atoms with van der Waals surface area (Å²) in [5.74, 6) is 2.52. The fraction of sp³-hybridized carbons (Fsp3) is 0.615. The molecule has 1 saturated heterocycles. The van der Waals surface area contributed by atoms with Crippen molar-refractivity contribution in [3.05, 3.63) is 48.3 Å². The molecule has 2 aliphatic heterocycles. The number of aromatic nitrogens is 2. The van der Waals surface area contributed by atoms with Crippen LogP contribution in [-0.4, -0.2) is 25.1 Å². The zero-order chi connectivity index (χ0) is 22.1. The Hall–Kier alpha value is -2.04. The van der Waals surface area contributed by atoms with Gasteiger partial charge in [0.25, 0.3) is 5.82 Å². The Morgan fingerprint density at radius 1 is 1.03 bits per heavy atom. The number of nitrogens with zero attached hydrogens (tertiary/aromatic N) is 4. The minimum Gasteiger partial charge on any atom is -0.355 e. The number of anilines is 2. The summed E-state index contributed by atoms with van der Waals surface area (Å²) >= 11 is 0. The Bertz CT molecular complexity index is 902. The predicted molar refractivity (Wildman–Crippen MR) is 132 cm³/mol. The summed E-state index contributed by atoms with van der Waals surface area (Å²) in [5.41, 5.74) is 1.49. The zero-order valence-electron chi connectivity index (χ0n) is 20.3. The van der Waals surface area contributed by atoms with Gasteiger partial charge in [-0.2, -0.15) is 0 Å². The van der Waals surface area contributed by atoms with E-state index >= 15 is 0 Å². The third-order valence-electron chi connectivity index (χ3n) is 8.31. The van der Waals surface area contributed by atoms with E-state index in [-0.39, 0.29) is 10.9 Å². The van der Waals surface area contributed by atoms with Gasteiger partial charge in [-0.15, -0.1) is 0 Å². The minimum absolute atomic E-state index is 0.0674. The molecule has 0 amide bonds. The van der Waals surface area contributed by atoms with E-state index in [0.717, 1.165) is 31.7 Å². The van der Waals surface area contributed by atoms with Gasteiger partial charge in [-0.25, -0.2) is 9.55 Å². The van der Waals surface area contributed by atoms with Gasteiger partial charge in [-0.1, -0.05) is 46.6 Å². The average molecular weight is 419 g/mol. The second kappa shape index (κ2) is 8.84. The molecule has 2 aromatic rings. The van der Waals surface area contributed by atoms with Crippen molar-refractivity contribution in [2.24, 2.45) is 0 Å². The lowest BCUT2D eigenvalue weighted by Gasteiger charge is -2.51. The molecule has 2 unspecified atom stereocenters. The number of hydrogen-bond acceptors (Lipinski definition) is 3. The van der Waals surface area contributed by atoms with E-state index in [1.165, 1.54) is 43.5 Å². The van der Waals surface area contributed by atoms with Crippen LogP contribution in [0.3, 0.4) is 0 Å². The van der Waals surface area contributed by atoms with E-state index in [4.69, 9.17) is 4.98 Å². The van der Waals surface area contributed by atoms with Crippen LogP contribution in [-0.2, 0) is 12.0 Å². The third kappa shape index (κ3) is 3.54. The Balaban J connectivity index is 1.80. The van der Waals surface area contributed by atoms with Crippen LogP contribution in [0.15, 0.2) is 42.7 Å². The van der Waals surface area contributed by atoms with Crippen molar-refractivity contribution in [3.8, 4) is 0 Å². The molecular formula is C26H40BN4+. The second-order valence-electron chi connectivity index (χ2n) is 9.96. The summed E-state index contributed by atoms with van der Waals surface area (Å²) in [6.07, 6.45) is 12.8. The normalized spacial score (nSPS) is 25.0. The first-order chi connectivity index (χ1) is 15.0. The van der Waals surface area contributed by atoms with Gasteiger partial charge in [-0.3, -0.25) is 0 Å². The van der Waals surface area contributed by atoms with Crippen molar-refractivity contribution in [1.82, 2.24) is 4.98 Å². The van der Waals surface area contributed by atoms with Crippen LogP contribution in [0.4, 0.5) is 11.6 Å². The molecule has 0 aromatic carbocycles. The number of rotatable bonds is 8. The molecule has 166 valence electrons. The van der Waals surface area contributed by atoms with E-state index in [1.54, 1.807) is 0 Å². The lowest BCUT2D eigenvalue weighted by atomic mass is 9.39. The summed E-state index contributed by atoms with van der Waals surface area (Å²) in [7, 11) is 0. The highest BCUT2D eigenvalue weighted by Crippen LogP contribution is 2.55. The monoisotopic (exact) mass is 419 g/mol. The van der Waals surface area contributed by atoms with Gasteiger partial charge in [0.15, 0.2) is 0 Å². The molecule has 2 atom stereocenters. The molecule has 4 heterocycles. The number of fused-ring (bicyclic) bond motifs is 3. The maximum Gasteiger partial charge on any atom is 0.508 e. The Morgan fingerprint density at radius 2 is 1.81 bits per heavy atom. The number of pyridine rings is 2. The molecule has 0 saturated carbocycles. The smallest absolute Gasteiger partial charge is 0.355 e. The maximum absolute atomic E-state index is 4.88. The van der Waals surface area contributed by atoms with Gasteiger partial charge in [0.1, 0.15) is 11.4 Å². The average Bonchev–Trinajstić information content (AvgIpc) is 3.26. The molecule has 31 heavy (non-hydrogen) atoms. The first kappa shape index (κ1) is 22.2. The molecule has 4 rings (SSSR count). The van der Waals surface area contributed by atoms with E-state index in [1.807, 2.05) is 6.20 Å². The van der Waals surface area contributed by atoms with E-state index in [2.05, 4.69) is 85.3 Å². The standard InChI is InChI=1S/C26H40BN4/c1-6-9-13-22-15-17-28-23(21-22)30-19-20-31-24-14-11-12-18-29(24)26(5,16-10-7-2)25(4,8-3)27(30)31/h11-12,14-15,17-18,21H,6-10,13,16,19-20H2,1-5H3/q+1. The summed E-state index contributed by atoms with van der Waals surface area (Å²) in [4.78, 5) is 10.1. The molecule has 0 radical (unpaired) electrons. The van der Waals surface area contributed by atoms with Crippen LogP contribution >= 0.6 is 0 Å². The van der Waals surface area contributed by atoms with Gasteiger partial charge in [0, 0.05) is 18.8 Å². The van der Waals surface area contributed by atoms with Crippen molar-refractivity contribution in [2.75, 3.05) is 22.7 Å². The molecule has 2 aromatic heterocycles. The fourth-order valence-electron chi connectivity index (χ4n) is 6.08. The Kier molecular flexibility index (Phi) is 6.32. The zero-order valence-corrected chi connectivity index (χ0v) is 20.3. The van der Waals surface area contributed by atoms with Crippen LogP contribution < -0.4 is 14.2 Å². The highest BCUT2D eigenvalue weighted by Gasteiger charge is 2.69. The minimum atomic E-state index is 0.0674.